The van der Waals surface area contributed by atoms with E-state index in [1.807, 2.05) is 18.2 Å². The Balaban J connectivity index is 2.20. The van der Waals surface area contributed by atoms with Crippen molar-refractivity contribution in [3.05, 3.63) is 44.7 Å². The number of nitrogen functional groups attached to an aromatic ring is 1. The highest BCUT2D eigenvalue weighted by molar-refractivity contribution is 6.33. The van der Waals surface area contributed by atoms with Gasteiger partial charge < -0.3 is 15.6 Å². The predicted octanol–water partition coefficient (Wildman–Crippen LogP) is 2.62. The average Bonchev–Trinajstić information content (AvgIpc) is 3.08. The van der Waals surface area contributed by atoms with Gasteiger partial charge in [0.25, 0.3) is 5.56 Å². The molecule has 0 saturated carbocycles. The lowest BCUT2D eigenvalue weighted by Crippen LogP contribution is -2.18. The number of nitrogens with two attached hydrogens (primary N) is 1. The molecule has 7 heteroatoms. The van der Waals surface area contributed by atoms with Gasteiger partial charge in [-0.3, -0.25) is 4.79 Å². The van der Waals surface area contributed by atoms with Crippen LogP contribution in [0.25, 0.3) is 11.1 Å². The molecule has 0 bridgehead atoms. The van der Waals surface area contributed by atoms with Crippen molar-refractivity contribution in [2.24, 2.45) is 0 Å². The van der Waals surface area contributed by atoms with Crippen LogP contribution >= 0.6 is 11.6 Å². The zero-order chi connectivity index (χ0) is 17.3. The van der Waals surface area contributed by atoms with Gasteiger partial charge in [-0.05, 0) is 30.5 Å². The third kappa shape index (κ3) is 2.58. The van der Waals surface area contributed by atoms with Crippen molar-refractivity contribution >= 4 is 23.1 Å². The van der Waals surface area contributed by atoms with Crippen LogP contribution in [0.5, 0.6) is 0 Å². The monoisotopic (exact) mass is 339 g/mol. The van der Waals surface area contributed by atoms with Crippen molar-refractivity contribution in [2.75, 3.05) is 23.7 Å². The number of hydrogen-bond donors (Lipinski definition) is 2. The Morgan fingerprint density at radius 1 is 1.17 bits per heavy atom. The number of pyridine rings is 1. The number of nitriles is 2. The molecule has 0 amide bonds. The van der Waals surface area contributed by atoms with Crippen LogP contribution in [-0.4, -0.2) is 18.1 Å². The fourth-order valence-corrected chi connectivity index (χ4v) is 3.31. The minimum Gasteiger partial charge on any atom is -0.384 e. The minimum absolute atomic E-state index is 0.0590. The first-order valence-electron chi connectivity index (χ1n) is 7.47. The number of aromatic nitrogens is 1. The number of H-pyrrole nitrogens is 1. The number of nitrogens with one attached hydrogen (secondary N) is 1. The number of aromatic amines is 1. The number of rotatable bonds is 2. The Kier molecular flexibility index (Phi) is 4.16. The summed E-state index contributed by atoms with van der Waals surface area (Å²) in [5, 5.41) is 19.2. The standard InChI is InChI=1S/C17H14ClN5O/c18-13-7-10(3-4-14(13)23-5-1-2-6-23)15-11(8-19)16(21)22-17(24)12(15)9-20/h3-4,7H,1-2,5-6H2,(H3,21,22,24). The Bertz CT molecular complexity index is 945. The van der Waals surface area contributed by atoms with Gasteiger partial charge in [-0.15, -0.1) is 0 Å². The van der Waals surface area contributed by atoms with Gasteiger partial charge >= 0.3 is 0 Å². The predicted molar refractivity (Wildman–Crippen MR) is 92.8 cm³/mol. The van der Waals surface area contributed by atoms with Crippen LogP contribution in [0.4, 0.5) is 11.5 Å². The molecule has 1 fully saturated rings. The van der Waals surface area contributed by atoms with Gasteiger partial charge in [0.1, 0.15) is 29.1 Å². The normalized spacial score (nSPS) is 13.5. The molecule has 1 saturated heterocycles. The number of nitrogens with zero attached hydrogens (tertiary/aromatic N) is 3. The molecule has 0 unspecified atom stereocenters. The van der Waals surface area contributed by atoms with E-state index in [0.29, 0.717) is 10.6 Å². The molecule has 2 aromatic rings. The molecule has 1 aliphatic heterocycles. The lowest BCUT2D eigenvalue weighted by molar-refractivity contribution is 0.949. The molecule has 3 rings (SSSR count). The Morgan fingerprint density at radius 3 is 2.42 bits per heavy atom. The van der Waals surface area contributed by atoms with E-state index in [1.165, 1.54) is 0 Å². The van der Waals surface area contributed by atoms with Crippen molar-refractivity contribution in [3.63, 3.8) is 0 Å². The third-order valence-electron chi connectivity index (χ3n) is 4.15. The number of anilines is 2. The van der Waals surface area contributed by atoms with E-state index < -0.39 is 5.56 Å². The largest absolute Gasteiger partial charge is 0.384 e. The van der Waals surface area contributed by atoms with Crippen molar-refractivity contribution in [1.29, 1.82) is 10.5 Å². The molecular formula is C17H14ClN5O. The van der Waals surface area contributed by atoms with Gasteiger partial charge in [-0.1, -0.05) is 17.7 Å². The Hall–Kier alpha value is -2.96. The number of halogens is 1. The Labute approximate surface area is 143 Å². The van der Waals surface area contributed by atoms with Gasteiger partial charge in [0.05, 0.1) is 10.7 Å². The molecule has 24 heavy (non-hydrogen) atoms. The average molecular weight is 340 g/mol. The van der Waals surface area contributed by atoms with Crippen LogP contribution in [0, 0.1) is 22.7 Å². The second kappa shape index (κ2) is 6.27. The maximum absolute atomic E-state index is 12.0. The molecular weight excluding hydrogens is 326 g/mol. The fourth-order valence-electron chi connectivity index (χ4n) is 3.01. The molecule has 3 N–H and O–H groups in total. The summed E-state index contributed by atoms with van der Waals surface area (Å²) in [5.41, 5.74) is 6.68. The summed E-state index contributed by atoms with van der Waals surface area (Å²) in [6.07, 6.45) is 2.25. The molecule has 6 nitrogen and oxygen atoms in total. The molecule has 2 heterocycles. The molecule has 0 atom stereocenters. The first kappa shape index (κ1) is 15.9. The van der Waals surface area contributed by atoms with E-state index in [2.05, 4.69) is 9.88 Å². The summed E-state index contributed by atoms with van der Waals surface area (Å²) in [7, 11) is 0. The summed E-state index contributed by atoms with van der Waals surface area (Å²) in [6, 6.07) is 9.08. The highest BCUT2D eigenvalue weighted by Crippen LogP contribution is 2.35. The molecule has 1 aliphatic rings. The van der Waals surface area contributed by atoms with E-state index in [0.717, 1.165) is 31.6 Å². The van der Waals surface area contributed by atoms with Gasteiger partial charge in [0.2, 0.25) is 0 Å². The summed E-state index contributed by atoms with van der Waals surface area (Å²) >= 11 is 6.41. The second-order valence-electron chi connectivity index (χ2n) is 5.58. The molecule has 0 aliphatic carbocycles. The van der Waals surface area contributed by atoms with Crippen molar-refractivity contribution in [1.82, 2.24) is 4.98 Å². The second-order valence-corrected chi connectivity index (χ2v) is 5.98. The zero-order valence-corrected chi connectivity index (χ0v) is 13.5. The van der Waals surface area contributed by atoms with Crippen molar-refractivity contribution in [3.8, 4) is 23.3 Å². The summed E-state index contributed by atoms with van der Waals surface area (Å²) in [6.45, 7) is 1.90. The third-order valence-corrected chi connectivity index (χ3v) is 4.45. The first-order chi connectivity index (χ1) is 11.6. The van der Waals surface area contributed by atoms with Crippen LogP contribution in [-0.2, 0) is 0 Å². The SMILES string of the molecule is N#Cc1c(N)[nH]c(=O)c(C#N)c1-c1ccc(N2CCCC2)c(Cl)c1. The smallest absolute Gasteiger partial charge is 0.268 e. The van der Waals surface area contributed by atoms with Gasteiger partial charge in [-0.2, -0.15) is 10.5 Å². The Morgan fingerprint density at radius 2 is 1.83 bits per heavy atom. The van der Waals surface area contributed by atoms with Gasteiger partial charge in [0, 0.05) is 18.7 Å². The molecule has 1 aromatic heterocycles. The number of hydrogen-bond acceptors (Lipinski definition) is 5. The van der Waals surface area contributed by atoms with E-state index >= 15 is 0 Å². The van der Waals surface area contributed by atoms with Crippen LogP contribution in [0.15, 0.2) is 23.0 Å². The van der Waals surface area contributed by atoms with Gasteiger partial charge in [-0.25, -0.2) is 0 Å². The summed E-state index contributed by atoms with van der Waals surface area (Å²) in [4.78, 5) is 16.5. The van der Waals surface area contributed by atoms with Crippen molar-refractivity contribution in [2.45, 2.75) is 12.8 Å². The zero-order valence-electron chi connectivity index (χ0n) is 12.8. The van der Waals surface area contributed by atoms with Crippen LogP contribution in [0.1, 0.15) is 24.0 Å². The molecule has 120 valence electrons. The van der Waals surface area contributed by atoms with Crippen molar-refractivity contribution < 1.29 is 0 Å². The summed E-state index contributed by atoms with van der Waals surface area (Å²) < 4.78 is 0. The highest BCUT2D eigenvalue weighted by atomic mass is 35.5. The lowest BCUT2D eigenvalue weighted by atomic mass is 9.96. The number of benzene rings is 1. The minimum atomic E-state index is -0.622. The fraction of sp³-hybridized carbons (Fsp3) is 0.235. The van der Waals surface area contributed by atoms with E-state index in [-0.39, 0.29) is 22.5 Å². The maximum Gasteiger partial charge on any atom is 0.268 e. The summed E-state index contributed by atoms with van der Waals surface area (Å²) in [5.74, 6) is -0.0590. The molecule has 0 spiro atoms. The quantitative estimate of drug-likeness (QED) is 0.873. The van der Waals surface area contributed by atoms with E-state index in [9.17, 15) is 15.3 Å². The first-order valence-corrected chi connectivity index (χ1v) is 7.85. The van der Waals surface area contributed by atoms with E-state index in [1.54, 1.807) is 12.1 Å². The highest BCUT2D eigenvalue weighted by Gasteiger charge is 2.20. The van der Waals surface area contributed by atoms with Crippen LogP contribution in [0.2, 0.25) is 5.02 Å². The van der Waals surface area contributed by atoms with Gasteiger partial charge in [0.15, 0.2) is 0 Å². The topological polar surface area (TPSA) is 110 Å². The van der Waals surface area contributed by atoms with E-state index in [4.69, 9.17) is 17.3 Å². The van der Waals surface area contributed by atoms with Crippen LogP contribution < -0.4 is 16.2 Å². The molecule has 0 radical (unpaired) electrons. The maximum atomic E-state index is 12.0. The lowest BCUT2D eigenvalue weighted by Gasteiger charge is -2.20. The molecule has 1 aromatic carbocycles. The van der Waals surface area contributed by atoms with Crippen LogP contribution in [0.3, 0.4) is 0 Å².